The van der Waals surface area contributed by atoms with E-state index in [0.717, 1.165) is 11.6 Å². The van der Waals surface area contributed by atoms with E-state index in [1.165, 1.54) is 24.3 Å². The lowest BCUT2D eigenvalue weighted by molar-refractivity contribution is 0.582. The van der Waals surface area contributed by atoms with Crippen molar-refractivity contribution in [3.05, 3.63) is 65.5 Å². The maximum absolute atomic E-state index is 13.6. The van der Waals surface area contributed by atoms with Gasteiger partial charge in [0.05, 0.1) is 11.7 Å². The van der Waals surface area contributed by atoms with Gasteiger partial charge in [0.25, 0.3) is 0 Å². The van der Waals surface area contributed by atoms with Gasteiger partial charge in [-0.15, -0.1) is 0 Å². The highest BCUT2D eigenvalue weighted by atomic mass is 19.1. The topological polar surface area (TPSA) is 12.0 Å². The van der Waals surface area contributed by atoms with E-state index in [1.54, 1.807) is 12.1 Å². The summed E-state index contributed by atoms with van der Waals surface area (Å²) in [6, 6.07) is 9.26. The number of rotatable bonds is 4. The first-order valence-corrected chi connectivity index (χ1v) is 6.07. The van der Waals surface area contributed by atoms with Crippen LogP contribution in [-0.2, 0) is 0 Å². The molecule has 1 nitrogen and oxygen atoms in total. The molecule has 0 aromatic heterocycles. The zero-order valence-electron chi connectivity index (χ0n) is 10.5. The number of benzene rings is 2. The first-order valence-electron chi connectivity index (χ1n) is 6.07. The molecular weight excluding hydrogens is 251 g/mol. The fraction of sp³-hybridized carbons (Fsp3) is 0.200. The quantitative estimate of drug-likeness (QED) is 0.847. The van der Waals surface area contributed by atoms with Crippen molar-refractivity contribution in [2.45, 2.75) is 19.4 Å². The van der Waals surface area contributed by atoms with Gasteiger partial charge in [0.15, 0.2) is 0 Å². The van der Waals surface area contributed by atoms with Crippen LogP contribution in [0.2, 0.25) is 0 Å². The van der Waals surface area contributed by atoms with E-state index in [-0.39, 0.29) is 17.5 Å². The minimum Gasteiger partial charge on any atom is -0.376 e. The van der Waals surface area contributed by atoms with Crippen LogP contribution < -0.4 is 5.32 Å². The maximum Gasteiger partial charge on any atom is 0.149 e. The summed E-state index contributed by atoms with van der Waals surface area (Å²) in [6.07, 6.45) is 0.697. The summed E-state index contributed by atoms with van der Waals surface area (Å²) < 4.78 is 39.3. The lowest BCUT2D eigenvalue weighted by Crippen LogP contribution is -2.11. The number of hydrogen-bond acceptors (Lipinski definition) is 1. The van der Waals surface area contributed by atoms with Crippen LogP contribution in [0.1, 0.15) is 24.9 Å². The Balaban J connectivity index is 2.21. The van der Waals surface area contributed by atoms with Crippen LogP contribution in [0.4, 0.5) is 18.9 Å². The maximum atomic E-state index is 13.6. The van der Waals surface area contributed by atoms with Crippen molar-refractivity contribution < 1.29 is 13.2 Å². The Hall–Kier alpha value is -1.97. The molecule has 0 spiro atoms. The lowest BCUT2D eigenvalue weighted by Gasteiger charge is -2.19. The summed E-state index contributed by atoms with van der Waals surface area (Å²) >= 11 is 0. The molecule has 19 heavy (non-hydrogen) atoms. The second-order valence-corrected chi connectivity index (χ2v) is 4.28. The van der Waals surface area contributed by atoms with E-state index in [9.17, 15) is 13.2 Å². The molecule has 0 amide bonds. The van der Waals surface area contributed by atoms with E-state index in [0.29, 0.717) is 6.42 Å². The van der Waals surface area contributed by atoms with Gasteiger partial charge < -0.3 is 5.32 Å². The minimum absolute atomic E-state index is 0.152. The second kappa shape index (κ2) is 5.78. The first kappa shape index (κ1) is 13.5. The van der Waals surface area contributed by atoms with Gasteiger partial charge in [0.2, 0.25) is 0 Å². The van der Waals surface area contributed by atoms with E-state index in [2.05, 4.69) is 5.32 Å². The van der Waals surface area contributed by atoms with E-state index in [1.807, 2.05) is 6.92 Å². The third-order valence-corrected chi connectivity index (χ3v) is 2.94. The van der Waals surface area contributed by atoms with E-state index >= 15 is 0 Å². The molecule has 0 fully saturated rings. The summed E-state index contributed by atoms with van der Waals surface area (Å²) in [5.74, 6) is -1.56. The molecule has 0 aliphatic carbocycles. The average molecular weight is 265 g/mol. The van der Waals surface area contributed by atoms with Gasteiger partial charge in [0, 0.05) is 6.07 Å². The second-order valence-electron chi connectivity index (χ2n) is 4.28. The van der Waals surface area contributed by atoms with Gasteiger partial charge in [-0.25, -0.2) is 13.2 Å². The molecule has 1 unspecified atom stereocenters. The Kier molecular flexibility index (Phi) is 4.10. The molecule has 0 saturated carbocycles. The molecule has 2 aromatic rings. The van der Waals surface area contributed by atoms with Crippen molar-refractivity contribution in [1.29, 1.82) is 0 Å². The number of halogens is 3. The van der Waals surface area contributed by atoms with E-state index in [4.69, 9.17) is 0 Å². The molecule has 100 valence electrons. The van der Waals surface area contributed by atoms with Crippen LogP contribution >= 0.6 is 0 Å². The molecule has 0 heterocycles. The predicted molar refractivity (Wildman–Crippen MR) is 69.4 cm³/mol. The molecule has 2 rings (SSSR count). The Morgan fingerprint density at radius 3 is 2.16 bits per heavy atom. The molecule has 1 N–H and O–H groups in total. The van der Waals surface area contributed by atoms with Crippen LogP contribution in [0.3, 0.4) is 0 Å². The van der Waals surface area contributed by atoms with E-state index < -0.39 is 11.6 Å². The van der Waals surface area contributed by atoms with Crippen molar-refractivity contribution in [2.24, 2.45) is 0 Å². The third kappa shape index (κ3) is 3.28. The number of nitrogens with one attached hydrogen (secondary N) is 1. The molecule has 0 radical (unpaired) electrons. The summed E-state index contributed by atoms with van der Waals surface area (Å²) in [5.41, 5.74) is 1.09. The summed E-state index contributed by atoms with van der Waals surface area (Å²) in [7, 11) is 0. The Labute approximate surface area is 110 Å². The third-order valence-electron chi connectivity index (χ3n) is 2.94. The molecule has 0 saturated heterocycles. The fourth-order valence-corrected chi connectivity index (χ4v) is 1.91. The molecule has 0 aliphatic heterocycles. The molecule has 0 aliphatic rings. The van der Waals surface area contributed by atoms with Crippen LogP contribution in [-0.4, -0.2) is 0 Å². The standard InChI is InChI=1S/C15H14F3N/c1-2-14(10-3-5-11(16)6-4-10)19-15-8-7-12(17)9-13(15)18/h3-9,14,19H,2H2,1H3. The number of hydrogen-bond donors (Lipinski definition) is 1. The summed E-state index contributed by atoms with van der Waals surface area (Å²) in [4.78, 5) is 0. The zero-order valence-corrected chi connectivity index (χ0v) is 10.5. The molecule has 1 atom stereocenters. The first-order chi connectivity index (χ1) is 9.10. The van der Waals surface area contributed by atoms with Crippen LogP contribution in [0.15, 0.2) is 42.5 Å². The van der Waals surface area contributed by atoms with Crippen LogP contribution in [0.5, 0.6) is 0 Å². The lowest BCUT2D eigenvalue weighted by atomic mass is 10.0. The van der Waals surface area contributed by atoms with Gasteiger partial charge in [0.1, 0.15) is 17.5 Å². The Morgan fingerprint density at radius 2 is 1.58 bits per heavy atom. The summed E-state index contributed by atoms with van der Waals surface area (Å²) in [6.45, 7) is 1.93. The largest absolute Gasteiger partial charge is 0.376 e. The Bertz CT molecular complexity index is 552. The van der Waals surface area contributed by atoms with Crippen molar-refractivity contribution in [3.8, 4) is 0 Å². The van der Waals surface area contributed by atoms with Crippen molar-refractivity contribution >= 4 is 5.69 Å². The number of anilines is 1. The molecular formula is C15H14F3N. The highest BCUT2D eigenvalue weighted by Crippen LogP contribution is 2.25. The molecule has 0 bridgehead atoms. The van der Waals surface area contributed by atoms with Gasteiger partial charge >= 0.3 is 0 Å². The molecule has 4 heteroatoms. The van der Waals surface area contributed by atoms with Crippen molar-refractivity contribution in [1.82, 2.24) is 0 Å². The van der Waals surface area contributed by atoms with Crippen molar-refractivity contribution in [2.75, 3.05) is 5.32 Å². The van der Waals surface area contributed by atoms with Crippen molar-refractivity contribution in [3.63, 3.8) is 0 Å². The highest BCUT2D eigenvalue weighted by molar-refractivity contribution is 5.47. The normalized spacial score (nSPS) is 12.2. The van der Waals surface area contributed by atoms with Gasteiger partial charge in [-0.3, -0.25) is 0 Å². The minimum atomic E-state index is -0.638. The Morgan fingerprint density at radius 1 is 0.947 bits per heavy atom. The van der Waals surface area contributed by atoms with Gasteiger partial charge in [-0.2, -0.15) is 0 Å². The SMILES string of the molecule is CCC(Nc1ccc(F)cc1F)c1ccc(F)cc1. The predicted octanol–water partition coefficient (Wildman–Crippen LogP) is 4.67. The molecule has 2 aromatic carbocycles. The van der Waals surface area contributed by atoms with Crippen LogP contribution in [0.25, 0.3) is 0 Å². The van der Waals surface area contributed by atoms with Gasteiger partial charge in [-0.1, -0.05) is 19.1 Å². The average Bonchev–Trinajstić information content (AvgIpc) is 2.39. The highest BCUT2D eigenvalue weighted by Gasteiger charge is 2.12. The smallest absolute Gasteiger partial charge is 0.149 e. The fourth-order valence-electron chi connectivity index (χ4n) is 1.91. The zero-order chi connectivity index (χ0) is 13.8. The monoisotopic (exact) mass is 265 g/mol. The summed E-state index contributed by atoms with van der Waals surface area (Å²) in [5, 5.41) is 3.00. The van der Waals surface area contributed by atoms with Gasteiger partial charge in [-0.05, 0) is 36.2 Å². The van der Waals surface area contributed by atoms with Crippen LogP contribution in [0, 0.1) is 17.5 Å².